The second-order valence-electron chi connectivity index (χ2n) is 3.19. The molecule has 4 heteroatoms. The summed E-state index contributed by atoms with van der Waals surface area (Å²) < 4.78 is 13.1. The van der Waals surface area contributed by atoms with E-state index in [-0.39, 0.29) is 16.9 Å². The van der Waals surface area contributed by atoms with E-state index in [0.29, 0.717) is 6.42 Å². The summed E-state index contributed by atoms with van der Waals surface area (Å²) in [6.45, 7) is 2.01. The Morgan fingerprint density at radius 2 is 2.29 bits per heavy atom. The first-order valence-corrected chi connectivity index (χ1v) is 4.95. The highest BCUT2D eigenvalue weighted by molar-refractivity contribution is 6.31. The average Bonchev–Trinajstić information content (AvgIpc) is 2.20. The van der Waals surface area contributed by atoms with Crippen LogP contribution in [0.5, 0.6) is 0 Å². The molecule has 0 fully saturated rings. The van der Waals surface area contributed by atoms with Gasteiger partial charge in [0.1, 0.15) is 5.82 Å². The predicted molar refractivity (Wildman–Crippen MR) is 56.5 cm³/mol. The smallest absolute Gasteiger partial charge is 0.142 e. The van der Waals surface area contributed by atoms with Crippen LogP contribution in [0.4, 0.5) is 4.39 Å². The molecule has 1 unspecified atom stereocenters. The molecule has 0 radical (unpaired) electrons. The summed E-state index contributed by atoms with van der Waals surface area (Å²) in [5.41, 5.74) is 3.45. The van der Waals surface area contributed by atoms with Crippen LogP contribution in [0.15, 0.2) is 18.2 Å². The van der Waals surface area contributed by atoms with E-state index in [1.165, 1.54) is 6.07 Å². The second-order valence-corrected chi connectivity index (χ2v) is 3.57. The third-order valence-corrected chi connectivity index (χ3v) is 2.65. The Morgan fingerprint density at radius 3 is 2.86 bits per heavy atom. The fourth-order valence-corrected chi connectivity index (χ4v) is 1.50. The minimum Gasteiger partial charge on any atom is -0.271 e. The number of nitrogens with one attached hydrogen (secondary N) is 1. The summed E-state index contributed by atoms with van der Waals surface area (Å²) in [5.74, 6) is 4.95. The molecular weight excluding hydrogens is 203 g/mol. The van der Waals surface area contributed by atoms with Gasteiger partial charge in [-0.3, -0.25) is 11.3 Å². The molecule has 1 aromatic rings. The molecule has 14 heavy (non-hydrogen) atoms. The lowest BCUT2D eigenvalue weighted by molar-refractivity contribution is 0.509. The molecule has 1 atom stereocenters. The van der Waals surface area contributed by atoms with Crippen molar-refractivity contribution in [3.8, 4) is 0 Å². The highest BCUT2D eigenvalue weighted by atomic mass is 35.5. The van der Waals surface area contributed by atoms with E-state index in [1.54, 1.807) is 6.07 Å². The lowest BCUT2D eigenvalue weighted by atomic mass is 10.0. The highest BCUT2D eigenvalue weighted by Crippen LogP contribution is 2.21. The van der Waals surface area contributed by atoms with Crippen LogP contribution in [-0.4, -0.2) is 6.04 Å². The van der Waals surface area contributed by atoms with Crippen LogP contribution in [0.2, 0.25) is 5.02 Å². The maximum absolute atomic E-state index is 13.1. The van der Waals surface area contributed by atoms with Crippen LogP contribution >= 0.6 is 11.6 Å². The molecule has 0 aromatic heterocycles. The third kappa shape index (κ3) is 2.67. The largest absolute Gasteiger partial charge is 0.271 e. The second kappa shape index (κ2) is 5.29. The molecular formula is C10H14ClFN2. The van der Waals surface area contributed by atoms with E-state index >= 15 is 0 Å². The molecule has 0 spiro atoms. The van der Waals surface area contributed by atoms with E-state index in [9.17, 15) is 4.39 Å². The van der Waals surface area contributed by atoms with Crippen molar-refractivity contribution < 1.29 is 4.39 Å². The Bertz CT molecular complexity index is 300. The molecule has 0 amide bonds. The maximum atomic E-state index is 13.1. The normalized spacial score (nSPS) is 12.9. The van der Waals surface area contributed by atoms with Gasteiger partial charge >= 0.3 is 0 Å². The minimum atomic E-state index is -0.379. The third-order valence-electron chi connectivity index (χ3n) is 2.23. The van der Waals surface area contributed by atoms with Crippen LogP contribution in [0.1, 0.15) is 18.9 Å². The summed E-state index contributed by atoms with van der Waals surface area (Å²) in [5, 5.41) is 0.196. The van der Waals surface area contributed by atoms with E-state index in [4.69, 9.17) is 17.4 Å². The Morgan fingerprint density at radius 1 is 1.57 bits per heavy atom. The molecule has 2 nitrogen and oxygen atoms in total. The van der Waals surface area contributed by atoms with E-state index in [1.807, 2.05) is 13.0 Å². The van der Waals surface area contributed by atoms with Gasteiger partial charge in [0, 0.05) is 6.04 Å². The lowest BCUT2D eigenvalue weighted by Gasteiger charge is -2.14. The van der Waals surface area contributed by atoms with Crippen molar-refractivity contribution in [3.63, 3.8) is 0 Å². The van der Waals surface area contributed by atoms with Gasteiger partial charge in [-0.2, -0.15) is 0 Å². The number of hydrogen-bond acceptors (Lipinski definition) is 2. The fraction of sp³-hybridized carbons (Fsp3) is 0.400. The molecule has 0 saturated carbocycles. The lowest BCUT2D eigenvalue weighted by Crippen LogP contribution is -2.36. The first kappa shape index (κ1) is 11.4. The summed E-state index contributed by atoms with van der Waals surface area (Å²) >= 11 is 5.81. The van der Waals surface area contributed by atoms with Crippen LogP contribution in [-0.2, 0) is 6.42 Å². The zero-order valence-electron chi connectivity index (χ0n) is 8.06. The predicted octanol–water partition coefficient (Wildman–Crippen LogP) is 2.26. The molecule has 1 rings (SSSR count). The van der Waals surface area contributed by atoms with Crippen LogP contribution in [0.3, 0.4) is 0 Å². The van der Waals surface area contributed by atoms with Gasteiger partial charge in [-0.1, -0.05) is 30.7 Å². The summed E-state index contributed by atoms with van der Waals surface area (Å²) in [4.78, 5) is 0. The Balaban J connectivity index is 2.80. The van der Waals surface area contributed by atoms with Gasteiger partial charge in [0.25, 0.3) is 0 Å². The molecule has 3 N–H and O–H groups in total. The van der Waals surface area contributed by atoms with Crippen LogP contribution in [0, 0.1) is 5.82 Å². The van der Waals surface area contributed by atoms with Gasteiger partial charge < -0.3 is 0 Å². The molecule has 78 valence electrons. The molecule has 0 aliphatic rings. The Hall–Kier alpha value is -0.640. The number of hydrogen-bond donors (Lipinski definition) is 2. The van der Waals surface area contributed by atoms with Crippen LogP contribution in [0.25, 0.3) is 0 Å². The van der Waals surface area contributed by atoms with Crippen molar-refractivity contribution >= 4 is 11.6 Å². The number of halogens is 2. The van der Waals surface area contributed by atoms with Crippen molar-refractivity contribution in [3.05, 3.63) is 34.6 Å². The number of hydrazine groups is 1. The van der Waals surface area contributed by atoms with Crippen molar-refractivity contribution in [2.75, 3.05) is 0 Å². The van der Waals surface area contributed by atoms with Gasteiger partial charge in [0.2, 0.25) is 0 Å². The highest BCUT2D eigenvalue weighted by Gasteiger charge is 2.10. The van der Waals surface area contributed by atoms with E-state index in [2.05, 4.69) is 5.43 Å². The number of nitrogens with two attached hydrogens (primary N) is 1. The van der Waals surface area contributed by atoms with Crippen molar-refractivity contribution in [1.82, 2.24) is 5.43 Å². The SMILES string of the molecule is CCC(Cc1cccc(F)c1Cl)NN. The van der Waals surface area contributed by atoms with Gasteiger partial charge in [0.15, 0.2) is 0 Å². The number of benzene rings is 1. The summed E-state index contributed by atoms with van der Waals surface area (Å²) in [6, 6.07) is 4.95. The van der Waals surface area contributed by atoms with Gasteiger partial charge in [-0.05, 0) is 24.5 Å². The number of rotatable bonds is 4. The minimum absolute atomic E-state index is 0.134. The fourth-order valence-electron chi connectivity index (χ4n) is 1.29. The van der Waals surface area contributed by atoms with Gasteiger partial charge in [-0.15, -0.1) is 0 Å². The van der Waals surface area contributed by atoms with Crippen molar-refractivity contribution in [1.29, 1.82) is 0 Å². The average molecular weight is 217 g/mol. The molecule has 0 saturated heterocycles. The molecule has 0 aliphatic heterocycles. The first-order chi connectivity index (χ1) is 6.69. The van der Waals surface area contributed by atoms with E-state index in [0.717, 1.165) is 12.0 Å². The van der Waals surface area contributed by atoms with Gasteiger partial charge in [-0.25, -0.2) is 4.39 Å². The molecule has 0 bridgehead atoms. The van der Waals surface area contributed by atoms with Crippen molar-refractivity contribution in [2.45, 2.75) is 25.8 Å². The van der Waals surface area contributed by atoms with Crippen molar-refractivity contribution in [2.24, 2.45) is 5.84 Å². The molecule has 0 heterocycles. The maximum Gasteiger partial charge on any atom is 0.142 e. The Kier molecular flexibility index (Phi) is 4.32. The topological polar surface area (TPSA) is 38.0 Å². The van der Waals surface area contributed by atoms with E-state index < -0.39 is 0 Å². The first-order valence-electron chi connectivity index (χ1n) is 4.58. The zero-order chi connectivity index (χ0) is 10.6. The van der Waals surface area contributed by atoms with Crippen LogP contribution < -0.4 is 11.3 Å². The molecule has 1 aromatic carbocycles. The zero-order valence-corrected chi connectivity index (χ0v) is 8.81. The summed E-state index contributed by atoms with van der Waals surface area (Å²) in [6.07, 6.45) is 1.52. The van der Waals surface area contributed by atoms with Gasteiger partial charge in [0.05, 0.1) is 5.02 Å². The standard InChI is InChI=1S/C10H14ClFN2/c1-2-8(14-13)6-7-4-3-5-9(12)10(7)11/h3-5,8,14H,2,6,13H2,1H3. The summed E-state index contributed by atoms with van der Waals surface area (Å²) in [7, 11) is 0. The quantitative estimate of drug-likeness (QED) is 0.599. The Labute approximate surface area is 88.2 Å². The molecule has 0 aliphatic carbocycles. The monoisotopic (exact) mass is 216 g/mol.